The van der Waals surface area contributed by atoms with Gasteiger partial charge in [0.15, 0.2) is 5.78 Å². The van der Waals surface area contributed by atoms with Crippen molar-refractivity contribution < 1.29 is 4.79 Å². The van der Waals surface area contributed by atoms with Crippen LogP contribution in [-0.4, -0.2) is 15.4 Å². The first kappa shape index (κ1) is 12.3. The minimum absolute atomic E-state index is 0.197. The fraction of sp³-hybridized carbons (Fsp3) is 0.727. The molecule has 0 saturated heterocycles. The Kier molecular flexibility index (Phi) is 4.39. The molecule has 3 nitrogen and oxygen atoms in total. The number of nitrogens with zero attached hydrogens (tertiary/aromatic N) is 2. The zero-order valence-electron chi connectivity index (χ0n) is 9.78. The van der Waals surface area contributed by atoms with Crippen LogP contribution in [0.4, 0.5) is 0 Å². The first-order valence-electron chi connectivity index (χ1n) is 5.37. The molecular weight excluding hydrogens is 208 g/mol. The lowest BCUT2D eigenvalue weighted by molar-refractivity contribution is 0.0978. The number of carbonyl (C=O) groups is 1. The second-order valence-corrected chi connectivity index (χ2v) is 5.25. The summed E-state index contributed by atoms with van der Waals surface area (Å²) in [5.74, 6) is 1.04. The van der Waals surface area contributed by atoms with Crippen molar-refractivity contribution in [2.45, 2.75) is 46.5 Å². The van der Waals surface area contributed by atoms with Gasteiger partial charge < -0.3 is 0 Å². The van der Waals surface area contributed by atoms with Gasteiger partial charge in [-0.05, 0) is 29.8 Å². The smallest absolute Gasteiger partial charge is 0.176 e. The van der Waals surface area contributed by atoms with Gasteiger partial charge in [0, 0.05) is 6.42 Å². The summed E-state index contributed by atoms with van der Waals surface area (Å²) in [7, 11) is 0. The highest BCUT2D eigenvalue weighted by Crippen LogP contribution is 2.22. The largest absolute Gasteiger partial charge is 0.293 e. The van der Waals surface area contributed by atoms with Crippen LogP contribution in [0.2, 0.25) is 0 Å². The highest BCUT2D eigenvalue weighted by atomic mass is 32.1. The van der Waals surface area contributed by atoms with Crippen molar-refractivity contribution in [1.82, 2.24) is 9.59 Å². The molecular formula is C11H18N2OS. The predicted molar refractivity (Wildman–Crippen MR) is 62.4 cm³/mol. The molecule has 0 amide bonds. The van der Waals surface area contributed by atoms with E-state index in [1.165, 1.54) is 11.5 Å². The summed E-state index contributed by atoms with van der Waals surface area (Å²) < 4.78 is 3.86. The van der Waals surface area contributed by atoms with Crippen molar-refractivity contribution in [2.24, 2.45) is 5.92 Å². The van der Waals surface area contributed by atoms with Crippen LogP contribution >= 0.6 is 11.5 Å². The van der Waals surface area contributed by atoms with Crippen LogP contribution in [0.15, 0.2) is 0 Å². The lowest BCUT2D eigenvalue weighted by atomic mass is 10.0. The van der Waals surface area contributed by atoms with Gasteiger partial charge in [-0.15, -0.1) is 5.10 Å². The molecule has 0 aliphatic carbocycles. The number of ketones is 1. The van der Waals surface area contributed by atoms with E-state index in [4.69, 9.17) is 0 Å². The van der Waals surface area contributed by atoms with Crippen LogP contribution in [-0.2, 0) is 0 Å². The van der Waals surface area contributed by atoms with Gasteiger partial charge in [-0.25, -0.2) is 0 Å². The van der Waals surface area contributed by atoms with Gasteiger partial charge in [0.1, 0.15) is 4.88 Å². The summed E-state index contributed by atoms with van der Waals surface area (Å²) in [5.41, 5.74) is 0.855. The summed E-state index contributed by atoms with van der Waals surface area (Å²) in [6, 6.07) is 0. The maximum Gasteiger partial charge on any atom is 0.176 e. The van der Waals surface area contributed by atoms with Crippen LogP contribution in [0.1, 0.15) is 61.8 Å². The van der Waals surface area contributed by atoms with Gasteiger partial charge in [0.2, 0.25) is 0 Å². The molecule has 0 aliphatic heterocycles. The standard InChI is InChI=1S/C11H18N2OS/c1-7(2)5-6-9(14)11-10(8(3)4)12-13-15-11/h7-8H,5-6H2,1-4H3. The molecule has 1 aromatic heterocycles. The molecule has 0 N–H and O–H groups in total. The van der Waals surface area contributed by atoms with Gasteiger partial charge in [0.25, 0.3) is 0 Å². The van der Waals surface area contributed by atoms with Crippen LogP contribution < -0.4 is 0 Å². The molecule has 1 aromatic rings. The van der Waals surface area contributed by atoms with Crippen molar-refractivity contribution >= 4 is 17.3 Å². The Bertz CT molecular complexity index is 331. The summed E-state index contributed by atoms with van der Waals surface area (Å²) >= 11 is 1.23. The predicted octanol–water partition coefficient (Wildman–Crippen LogP) is 3.28. The quantitative estimate of drug-likeness (QED) is 0.724. The molecule has 0 atom stereocenters. The topological polar surface area (TPSA) is 42.9 Å². The van der Waals surface area contributed by atoms with Gasteiger partial charge in [0.05, 0.1) is 5.69 Å². The maximum absolute atomic E-state index is 11.9. The number of rotatable bonds is 5. The highest BCUT2D eigenvalue weighted by Gasteiger charge is 2.18. The molecule has 15 heavy (non-hydrogen) atoms. The Morgan fingerprint density at radius 2 is 2.00 bits per heavy atom. The zero-order chi connectivity index (χ0) is 11.4. The molecule has 0 aromatic carbocycles. The molecule has 0 aliphatic rings. The van der Waals surface area contributed by atoms with Crippen LogP contribution in [0, 0.1) is 5.92 Å². The summed E-state index contributed by atoms with van der Waals surface area (Å²) in [6.07, 6.45) is 1.55. The van der Waals surface area contributed by atoms with E-state index in [0.717, 1.165) is 17.0 Å². The third-order valence-corrected chi connectivity index (χ3v) is 3.04. The van der Waals surface area contributed by atoms with Crippen molar-refractivity contribution in [3.8, 4) is 0 Å². The molecule has 0 unspecified atom stereocenters. The average molecular weight is 226 g/mol. The van der Waals surface area contributed by atoms with Crippen molar-refractivity contribution in [3.63, 3.8) is 0 Å². The van der Waals surface area contributed by atoms with Gasteiger partial charge >= 0.3 is 0 Å². The van der Waals surface area contributed by atoms with Crippen molar-refractivity contribution in [1.29, 1.82) is 0 Å². The molecule has 84 valence electrons. The minimum Gasteiger partial charge on any atom is -0.293 e. The molecule has 0 bridgehead atoms. The fourth-order valence-electron chi connectivity index (χ4n) is 1.30. The van der Waals surface area contributed by atoms with E-state index in [2.05, 4.69) is 23.4 Å². The molecule has 1 heterocycles. The lowest BCUT2D eigenvalue weighted by Gasteiger charge is -2.04. The van der Waals surface area contributed by atoms with Gasteiger partial charge in [-0.2, -0.15) is 0 Å². The second-order valence-electron chi connectivity index (χ2n) is 4.50. The second kappa shape index (κ2) is 5.35. The van der Waals surface area contributed by atoms with E-state index < -0.39 is 0 Å². The maximum atomic E-state index is 11.9. The Labute approximate surface area is 95.1 Å². The number of hydrogen-bond acceptors (Lipinski definition) is 4. The summed E-state index contributed by atoms with van der Waals surface area (Å²) in [4.78, 5) is 12.6. The summed E-state index contributed by atoms with van der Waals surface area (Å²) in [5, 5.41) is 4.01. The molecule has 4 heteroatoms. The monoisotopic (exact) mass is 226 g/mol. The fourth-order valence-corrected chi connectivity index (χ4v) is 2.09. The Morgan fingerprint density at radius 3 is 2.53 bits per heavy atom. The van der Waals surface area contributed by atoms with E-state index in [1.54, 1.807) is 0 Å². The van der Waals surface area contributed by atoms with Crippen molar-refractivity contribution in [2.75, 3.05) is 0 Å². The van der Waals surface area contributed by atoms with Crippen molar-refractivity contribution in [3.05, 3.63) is 10.6 Å². The third kappa shape index (κ3) is 3.38. The zero-order valence-corrected chi connectivity index (χ0v) is 10.6. The van der Waals surface area contributed by atoms with Crippen LogP contribution in [0.25, 0.3) is 0 Å². The highest BCUT2D eigenvalue weighted by molar-refractivity contribution is 7.08. The van der Waals surface area contributed by atoms with E-state index in [9.17, 15) is 4.79 Å². The van der Waals surface area contributed by atoms with Crippen LogP contribution in [0.3, 0.4) is 0 Å². The average Bonchev–Trinajstić information content (AvgIpc) is 2.62. The molecule has 0 saturated carbocycles. The molecule has 0 radical (unpaired) electrons. The lowest BCUT2D eigenvalue weighted by Crippen LogP contribution is -2.03. The van der Waals surface area contributed by atoms with E-state index in [-0.39, 0.29) is 11.7 Å². The van der Waals surface area contributed by atoms with Crippen LogP contribution in [0.5, 0.6) is 0 Å². The Balaban J connectivity index is 2.69. The molecule has 0 spiro atoms. The van der Waals surface area contributed by atoms with E-state index >= 15 is 0 Å². The Hall–Kier alpha value is -0.770. The number of hydrogen-bond donors (Lipinski definition) is 0. The number of Topliss-reactive ketones (excluding diaryl/α,β-unsaturated/α-hetero) is 1. The molecule has 0 fully saturated rings. The number of carbonyl (C=O) groups excluding carboxylic acids is 1. The molecule has 1 rings (SSSR count). The first-order valence-corrected chi connectivity index (χ1v) is 6.15. The number of aromatic nitrogens is 2. The van der Waals surface area contributed by atoms with E-state index in [0.29, 0.717) is 12.3 Å². The first-order chi connectivity index (χ1) is 7.02. The third-order valence-electron chi connectivity index (χ3n) is 2.26. The summed E-state index contributed by atoms with van der Waals surface area (Å²) in [6.45, 7) is 8.33. The van der Waals surface area contributed by atoms with Gasteiger partial charge in [-0.3, -0.25) is 4.79 Å². The van der Waals surface area contributed by atoms with Gasteiger partial charge in [-0.1, -0.05) is 32.2 Å². The Morgan fingerprint density at radius 1 is 1.33 bits per heavy atom. The SMILES string of the molecule is CC(C)CCC(=O)c1snnc1C(C)C. The van der Waals surface area contributed by atoms with E-state index in [1.807, 2.05) is 13.8 Å². The minimum atomic E-state index is 0.197. The normalized spacial score (nSPS) is 11.3.